The average Bonchev–Trinajstić information content (AvgIpc) is 1.62. The molecule has 0 saturated carbocycles. The first-order valence-electron chi connectivity index (χ1n) is 35.7. The molecule has 7 aromatic heterocycles. The van der Waals surface area contributed by atoms with Gasteiger partial charge in [-0.15, -0.1) is 34.0 Å². The molecule has 0 saturated heterocycles. The van der Waals surface area contributed by atoms with Gasteiger partial charge in [-0.1, -0.05) is 279 Å². The standard InChI is InChI=1S/C51H32N4S.C45H26N4S2/c1-3-14-34(15-4-1)49-52-50(35-16-5-2-6-17-35)54-51(53-49)43-21-8-7-18-38(43)33-26-29-37(30-27-33)55-45-24-11-9-19-40(45)44-32-36(28-31-46(44)55)39-22-13-23-42-41-20-10-12-25-47(41)56-48(39)42;1-2-12-27(13-3-1)43-46-44(35-20-11-19-34-32-16-6-9-23-40(32)51-42(34)35)48-45(47-43)49-37-21-7-4-14-30(37)36-26-28(24-25-38(36)49)29-17-10-18-33-31-15-5-8-22-39(31)50-41(29)33/h1-32H;1-26H. The minimum absolute atomic E-state index is 0.600. The molecule has 0 unspecified atom stereocenters. The third kappa shape index (κ3) is 10.7. The van der Waals surface area contributed by atoms with Crippen LogP contribution in [0.3, 0.4) is 0 Å². The van der Waals surface area contributed by atoms with Gasteiger partial charge in [0.1, 0.15) is 0 Å². The van der Waals surface area contributed by atoms with Crippen molar-refractivity contribution < 1.29 is 0 Å². The summed E-state index contributed by atoms with van der Waals surface area (Å²) in [6.07, 6.45) is 0. The van der Waals surface area contributed by atoms with Gasteiger partial charge in [0.2, 0.25) is 5.95 Å². The predicted molar refractivity (Wildman–Crippen MR) is 450 cm³/mol. The summed E-state index contributed by atoms with van der Waals surface area (Å²) in [5.74, 6) is 3.84. The molecule has 0 radical (unpaired) electrons. The molecule has 0 atom stereocenters. The fraction of sp³-hybridized carbons (Fsp3) is 0. The van der Waals surface area contributed by atoms with Crippen molar-refractivity contribution in [1.29, 1.82) is 0 Å². The van der Waals surface area contributed by atoms with Crippen molar-refractivity contribution in [2.45, 2.75) is 0 Å². The third-order valence-electron chi connectivity index (χ3n) is 20.6. The van der Waals surface area contributed by atoms with E-state index in [1.54, 1.807) is 11.3 Å². The van der Waals surface area contributed by atoms with Crippen molar-refractivity contribution in [2.24, 2.45) is 0 Å². The Labute approximate surface area is 626 Å². The number of fused-ring (bicyclic) bond motifs is 15. The lowest BCUT2D eigenvalue weighted by molar-refractivity contribution is 0.954. The van der Waals surface area contributed by atoms with Crippen LogP contribution in [-0.4, -0.2) is 39.0 Å². The SMILES string of the molecule is c1ccc(-c2nc(-c3cccc4c3sc3ccccc34)nc(-n3c4ccccc4c4cc(-c5cccc6c5sc5ccccc56)ccc43)n2)cc1.c1ccc(-c2nc(-c3ccccc3)nc(-c3ccccc3-c3ccc(-n4c5ccccc5c5cc(-c6cccc7c6sc6ccccc67)ccc54)cc3)n2)cc1. The highest BCUT2D eigenvalue weighted by Crippen LogP contribution is 2.46. The monoisotopic (exact) mass is 1420 g/mol. The molecule has 22 aromatic rings. The maximum Gasteiger partial charge on any atom is 0.238 e. The molecule has 0 fully saturated rings. The number of rotatable bonds is 10. The van der Waals surface area contributed by atoms with Gasteiger partial charge in [-0.3, -0.25) is 4.57 Å². The van der Waals surface area contributed by atoms with E-state index in [4.69, 9.17) is 29.9 Å². The molecular formula is C96H58N8S3. The molecular weight excluding hydrogens is 1360 g/mol. The van der Waals surface area contributed by atoms with Gasteiger partial charge in [-0.05, 0) is 106 Å². The maximum absolute atomic E-state index is 5.29. The third-order valence-corrected chi connectivity index (χ3v) is 24.2. The van der Waals surface area contributed by atoms with E-state index in [9.17, 15) is 0 Å². The van der Waals surface area contributed by atoms with Gasteiger partial charge in [-0.2, -0.15) is 9.97 Å². The number of hydrogen-bond acceptors (Lipinski definition) is 9. The summed E-state index contributed by atoms with van der Waals surface area (Å²) in [6, 6.07) is 125. The lowest BCUT2D eigenvalue weighted by Gasteiger charge is -2.13. The maximum atomic E-state index is 5.29. The summed E-state index contributed by atoms with van der Waals surface area (Å²) >= 11 is 5.53. The van der Waals surface area contributed by atoms with Gasteiger partial charge in [0.15, 0.2) is 29.1 Å². The summed E-state index contributed by atoms with van der Waals surface area (Å²) in [4.78, 5) is 30.6. The van der Waals surface area contributed by atoms with Crippen molar-refractivity contribution in [3.63, 3.8) is 0 Å². The molecule has 0 bridgehead atoms. The van der Waals surface area contributed by atoms with E-state index in [-0.39, 0.29) is 0 Å². The van der Waals surface area contributed by atoms with Crippen LogP contribution >= 0.6 is 34.0 Å². The van der Waals surface area contributed by atoms with E-state index in [1.807, 2.05) is 102 Å². The van der Waals surface area contributed by atoms with Gasteiger partial charge in [0, 0.05) is 116 Å². The molecule has 15 aromatic carbocycles. The number of benzene rings is 15. The zero-order valence-corrected chi connectivity index (χ0v) is 59.7. The first-order chi connectivity index (χ1) is 53.0. The second kappa shape index (κ2) is 25.8. The van der Waals surface area contributed by atoms with Crippen LogP contribution in [0.4, 0.5) is 0 Å². The van der Waals surface area contributed by atoms with E-state index >= 15 is 0 Å². The number of para-hydroxylation sites is 2. The molecule has 0 aliphatic carbocycles. The van der Waals surface area contributed by atoms with E-state index in [2.05, 4.69) is 282 Å². The van der Waals surface area contributed by atoms with Crippen LogP contribution in [0.2, 0.25) is 0 Å². The summed E-state index contributed by atoms with van der Waals surface area (Å²) < 4.78 is 12.3. The van der Waals surface area contributed by atoms with Crippen LogP contribution in [0, 0.1) is 0 Å². The molecule has 500 valence electrons. The highest BCUT2D eigenvalue weighted by Gasteiger charge is 2.23. The Bertz CT molecular complexity index is 7200. The number of nitrogens with zero attached hydrogens (tertiary/aromatic N) is 8. The fourth-order valence-corrected chi connectivity index (χ4v) is 19.3. The van der Waals surface area contributed by atoms with E-state index in [0.717, 1.165) is 66.4 Å². The molecule has 7 heterocycles. The van der Waals surface area contributed by atoms with Crippen LogP contribution in [0.25, 0.3) is 206 Å². The molecule has 0 spiro atoms. The Morgan fingerprint density at radius 3 is 1.01 bits per heavy atom. The zero-order chi connectivity index (χ0) is 70.5. The summed E-state index contributed by atoms with van der Waals surface area (Å²) in [7, 11) is 0. The van der Waals surface area contributed by atoms with Gasteiger partial charge in [-0.25, -0.2) is 19.9 Å². The van der Waals surface area contributed by atoms with Crippen LogP contribution in [0.5, 0.6) is 0 Å². The molecule has 22 rings (SSSR count). The topological polar surface area (TPSA) is 87.2 Å². The average molecular weight is 1420 g/mol. The lowest BCUT2D eigenvalue weighted by atomic mass is 9.98. The van der Waals surface area contributed by atoms with Gasteiger partial charge < -0.3 is 4.57 Å². The van der Waals surface area contributed by atoms with Crippen molar-refractivity contribution in [2.75, 3.05) is 0 Å². The Hall–Kier alpha value is -13.4. The summed E-state index contributed by atoms with van der Waals surface area (Å²) in [6.45, 7) is 0. The second-order valence-corrected chi connectivity index (χ2v) is 29.9. The Kier molecular flexibility index (Phi) is 15.0. The normalized spacial score (nSPS) is 11.7. The first-order valence-corrected chi connectivity index (χ1v) is 38.2. The predicted octanol–water partition coefficient (Wildman–Crippen LogP) is 26.4. The minimum Gasteiger partial charge on any atom is -0.309 e. The lowest BCUT2D eigenvalue weighted by Crippen LogP contribution is -2.06. The quantitative estimate of drug-likeness (QED) is 0.136. The zero-order valence-electron chi connectivity index (χ0n) is 57.3. The van der Waals surface area contributed by atoms with Gasteiger partial charge in [0.25, 0.3) is 0 Å². The fourth-order valence-electron chi connectivity index (χ4n) is 15.6. The van der Waals surface area contributed by atoms with Crippen molar-refractivity contribution in [1.82, 2.24) is 39.0 Å². The van der Waals surface area contributed by atoms with E-state index in [1.165, 1.54) is 105 Å². The number of hydrogen-bond donors (Lipinski definition) is 0. The first kappa shape index (κ1) is 62.2. The molecule has 0 aliphatic rings. The highest BCUT2D eigenvalue weighted by molar-refractivity contribution is 7.27. The van der Waals surface area contributed by atoms with Crippen molar-refractivity contribution in [3.05, 3.63) is 352 Å². The molecule has 8 nitrogen and oxygen atoms in total. The molecule has 107 heavy (non-hydrogen) atoms. The number of aromatic nitrogens is 8. The van der Waals surface area contributed by atoms with Crippen LogP contribution in [0.15, 0.2) is 352 Å². The Morgan fingerprint density at radius 1 is 0.187 bits per heavy atom. The van der Waals surface area contributed by atoms with Crippen LogP contribution in [0.1, 0.15) is 0 Å². The van der Waals surface area contributed by atoms with E-state index < -0.39 is 0 Å². The molecule has 0 amide bonds. The van der Waals surface area contributed by atoms with Gasteiger partial charge in [0.05, 0.1) is 22.1 Å². The Balaban J connectivity index is 0.000000138. The molecule has 0 N–H and O–H groups in total. The number of thiophene rings is 3. The van der Waals surface area contributed by atoms with E-state index in [0.29, 0.717) is 35.1 Å². The van der Waals surface area contributed by atoms with Crippen molar-refractivity contribution >= 4 is 138 Å². The second-order valence-electron chi connectivity index (χ2n) is 26.8. The Morgan fingerprint density at radius 2 is 0.514 bits per heavy atom. The minimum atomic E-state index is 0.600. The highest BCUT2D eigenvalue weighted by atomic mass is 32.1. The van der Waals surface area contributed by atoms with Gasteiger partial charge >= 0.3 is 0 Å². The van der Waals surface area contributed by atoms with Crippen LogP contribution < -0.4 is 0 Å². The largest absolute Gasteiger partial charge is 0.309 e. The molecule has 11 heteroatoms. The summed E-state index contributed by atoms with van der Waals surface area (Å²) in [5, 5.41) is 12.5. The summed E-state index contributed by atoms with van der Waals surface area (Å²) in [5.41, 5.74) is 17.5. The van der Waals surface area contributed by atoms with Crippen molar-refractivity contribution in [3.8, 4) is 102 Å². The van der Waals surface area contributed by atoms with Crippen LogP contribution in [-0.2, 0) is 0 Å². The molecule has 0 aliphatic heterocycles. The smallest absolute Gasteiger partial charge is 0.238 e.